The van der Waals surface area contributed by atoms with Gasteiger partial charge in [-0.1, -0.05) is 35.5 Å². The van der Waals surface area contributed by atoms with Crippen molar-refractivity contribution in [1.29, 1.82) is 0 Å². The first-order chi connectivity index (χ1) is 13.3. The maximum absolute atomic E-state index is 12.8. The molecule has 6 nitrogen and oxygen atoms in total. The van der Waals surface area contributed by atoms with Gasteiger partial charge in [-0.2, -0.15) is 5.10 Å². The molecule has 1 fully saturated rings. The Labute approximate surface area is 155 Å². The average molecular weight is 358 g/mol. The first-order valence-corrected chi connectivity index (χ1v) is 9.02. The average Bonchev–Trinajstić information content (AvgIpc) is 3.47. The summed E-state index contributed by atoms with van der Waals surface area (Å²) in [4.78, 5) is 14.7. The maximum atomic E-state index is 12.8. The molecule has 1 atom stereocenters. The van der Waals surface area contributed by atoms with Gasteiger partial charge in [-0.05, 0) is 30.2 Å². The lowest BCUT2D eigenvalue weighted by Crippen LogP contribution is -2.28. The van der Waals surface area contributed by atoms with E-state index in [0.29, 0.717) is 23.9 Å². The van der Waals surface area contributed by atoms with Gasteiger partial charge in [-0.3, -0.25) is 9.89 Å². The number of nitrogens with zero attached hydrogens (tertiary/aromatic N) is 3. The third kappa shape index (κ3) is 2.89. The molecule has 0 saturated carbocycles. The number of fused-ring (bicyclic) bond motifs is 1. The Morgan fingerprint density at radius 3 is 2.93 bits per heavy atom. The third-order valence-corrected chi connectivity index (χ3v) is 5.20. The lowest BCUT2D eigenvalue weighted by molar-refractivity contribution is 0.0780. The maximum Gasteiger partial charge on any atom is 0.276 e. The number of likely N-dealkylation sites (tertiary alicyclic amines) is 1. The van der Waals surface area contributed by atoms with E-state index in [1.807, 2.05) is 41.3 Å². The van der Waals surface area contributed by atoms with Crippen molar-refractivity contribution in [1.82, 2.24) is 20.3 Å². The van der Waals surface area contributed by atoms with Gasteiger partial charge in [0, 0.05) is 36.0 Å². The van der Waals surface area contributed by atoms with E-state index < -0.39 is 0 Å². The first-order valence-electron chi connectivity index (χ1n) is 9.02. The lowest BCUT2D eigenvalue weighted by Gasteiger charge is -2.15. The van der Waals surface area contributed by atoms with E-state index in [0.717, 1.165) is 29.4 Å². The van der Waals surface area contributed by atoms with Crippen molar-refractivity contribution in [2.45, 2.75) is 12.3 Å². The van der Waals surface area contributed by atoms with Crippen molar-refractivity contribution in [2.75, 3.05) is 13.1 Å². The number of rotatable bonds is 3. The molecular weight excluding hydrogens is 340 g/mol. The number of aromatic nitrogens is 3. The quantitative estimate of drug-likeness (QED) is 0.604. The van der Waals surface area contributed by atoms with Crippen LogP contribution in [0, 0.1) is 0 Å². The van der Waals surface area contributed by atoms with Gasteiger partial charge in [-0.25, -0.2) is 0 Å². The SMILES string of the molecule is O=C(c1cc(-c2ccc3[nH]ncc3c2)on1)N1CCC(c2ccccc2)C1. The van der Waals surface area contributed by atoms with Crippen LogP contribution in [-0.4, -0.2) is 39.3 Å². The zero-order valence-electron chi connectivity index (χ0n) is 14.6. The molecule has 1 N–H and O–H groups in total. The summed E-state index contributed by atoms with van der Waals surface area (Å²) < 4.78 is 5.44. The van der Waals surface area contributed by atoms with Crippen molar-refractivity contribution in [3.05, 3.63) is 72.1 Å². The highest BCUT2D eigenvalue weighted by molar-refractivity contribution is 5.93. The largest absolute Gasteiger partial charge is 0.355 e. The molecular formula is C21H18N4O2. The number of amides is 1. The van der Waals surface area contributed by atoms with Gasteiger partial charge < -0.3 is 9.42 Å². The normalized spacial score (nSPS) is 16.9. The van der Waals surface area contributed by atoms with Crippen molar-refractivity contribution in [3.8, 4) is 11.3 Å². The zero-order chi connectivity index (χ0) is 18.2. The van der Waals surface area contributed by atoms with E-state index in [1.165, 1.54) is 5.56 Å². The van der Waals surface area contributed by atoms with E-state index in [4.69, 9.17) is 4.52 Å². The monoisotopic (exact) mass is 358 g/mol. The van der Waals surface area contributed by atoms with E-state index >= 15 is 0 Å². The fourth-order valence-electron chi connectivity index (χ4n) is 3.71. The van der Waals surface area contributed by atoms with Crippen LogP contribution in [0.1, 0.15) is 28.4 Å². The number of nitrogens with one attached hydrogen (secondary N) is 1. The predicted molar refractivity (Wildman–Crippen MR) is 101 cm³/mol. The van der Waals surface area contributed by atoms with Gasteiger partial charge in [0.1, 0.15) is 0 Å². The highest BCUT2D eigenvalue weighted by atomic mass is 16.5. The van der Waals surface area contributed by atoms with Crippen molar-refractivity contribution in [3.63, 3.8) is 0 Å². The van der Waals surface area contributed by atoms with Crippen molar-refractivity contribution < 1.29 is 9.32 Å². The van der Waals surface area contributed by atoms with Gasteiger partial charge in [-0.15, -0.1) is 0 Å². The standard InChI is InChI=1S/C21H18N4O2/c26-21(25-9-8-16(13-25)14-4-2-1-3-5-14)19-11-20(27-24-19)15-6-7-18-17(10-15)12-22-23-18/h1-7,10-12,16H,8-9,13H2,(H,22,23). The second-order valence-electron chi connectivity index (χ2n) is 6.90. The number of aromatic amines is 1. The van der Waals surface area contributed by atoms with E-state index in [9.17, 15) is 4.79 Å². The molecule has 4 aromatic rings. The van der Waals surface area contributed by atoms with Crippen LogP contribution >= 0.6 is 0 Å². The topological polar surface area (TPSA) is 75.0 Å². The molecule has 1 saturated heterocycles. The van der Waals surface area contributed by atoms with Crippen LogP contribution in [0.3, 0.4) is 0 Å². The molecule has 0 bridgehead atoms. The van der Waals surface area contributed by atoms with Gasteiger partial charge in [0.2, 0.25) is 0 Å². The summed E-state index contributed by atoms with van der Waals surface area (Å²) in [6.07, 6.45) is 2.73. The van der Waals surface area contributed by atoms with Crippen LogP contribution in [0.4, 0.5) is 0 Å². The Kier molecular flexibility index (Phi) is 3.74. The molecule has 2 aromatic carbocycles. The fraction of sp³-hybridized carbons (Fsp3) is 0.190. The fourth-order valence-corrected chi connectivity index (χ4v) is 3.71. The van der Waals surface area contributed by atoms with Crippen LogP contribution in [0.2, 0.25) is 0 Å². The summed E-state index contributed by atoms with van der Waals surface area (Å²) in [6.45, 7) is 1.45. The molecule has 5 rings (SSSR count). The summed E-state index contributed by atoms with van der Waals surface area (Å²) in [6, 6.07) is 17.9. The molecule has 1 unspecified atom stereocenters. The molecule has 0 radical (unpaired) electrons. The number of carbonyl (C=O) groups is 1. The Hall–Kier alpha value is -3.41. The molecule has 0 spiro atoms. The molecule has 134 valence electrons. The van der Waals surface area contributed by atoms with Crippen LogP contribution < -0.4 is 0 Å². The van der Waals surface area contributed by atoms with E-state index in [2.05, 4.69) is 27.5 Å². The molecule has 1 aliphatic heterocycles. The zero-order valence-corrected chi connectivity index (χ0v) is 14.6. The molecule has 2 aromatic heterocycles. The smallest absolute Gasteiger partial charge is 0.276 e. The lowest BCUT2D eigenvalue weighted by atomic mass is 9.99. The molecule has 6 heteroatoms. The second-order valence-corrected chi connectivity index (χ2v) is 6.90. The van der Waals surface area contributed by atoms with Gasteiger partial charge in [0.05, 0.1) is 11.7 Å². The summed E-state index contributed by atoms with van der Waals surface area (Å²) in [5.74, 6) is 0.887. The highest BCUT2D eigenvalue weighted by Gasteiger charge is 2.29. The Bertz CT molecular complexity index is 1100. The minimum atomic E-state index is -0.0761. The second kappa shape index (κ2) is 6.39. The van der Waals surface area contributed by atoms with Crippen LogP contribution in [0.25, 0.3) is 22.2 Å². The van der Waals surface area contributed by atoms with E-state index in [-0.39, 0.29) is 5.91 Å². The van der Waals surface area contributed by atoms with Crippen LogP contribution in [-0.2, 0) is 0 Å². The number of benzene rings is 2. The van der Waals surface area contributed by atoms with Crippen LogP contribution in [0.15, 0.2) is 65.3 Å². The van der Waals surface area contributed by atoms with Crippen molar-refractivity contribution >= 4 is 16.8 Å². The van der Waals surface area contributed by atoms with Crippen molar-refractivity contribution in [2.24, 2.45) is 0 Å². The summed E-state index contributed by atoms with van der Waals surface area (Å²) in [5, 5.41) is 11.9. The molecule has 1 amide bonds. The van der Waals surface area contributed by atoms with E-state index in [1.54, 1.807) is 12.3 Å². The Morgan fingerprint density at radius 1 is 1.15 bits per heavy atom. The highest BCUT2D eigenvalue weighted by Crippen LogP contribution is 2.29. The van der Waals surface area contributed by atoms with Gasteiger partial charge in [0.15, 0.2) is 11.5 Å². The van der Waals surface area contributed by atoms with Gasteiger partial charge >= 0.3 is 0 Å². The van der Waals surface area contributed by atoms with Crippen LogP contribution in [0.5, 0.6) is 0 Å². The predicted octanol–water partition coefficient (Wildman–Crippen LogP) is 3.85. The molecule has 1 aliphatic rings. The number of hydrogen-bond acceptors (Lipinski definition) is 4. The number of hydrogen-bond donors (Lipinski definition) is 1. The number of carbonyl (C=O) groups excluding carboxylic acids is 1. The first kappa shape index (κ1) is 15.8. The molecule has 3 heterocycles. The third-order valence-electron chi connectivity index (χ3n) is 5.20. The molecule has 27 heavy (non-hydrogen) atoms. The summed E-state index contributed by atoms with van der Waals surface area (Å²) in [7, 11) is 0. The van der Waals surface area contributed by atoms with Gasteiger partial charge in [0.25, 0.3) is 5.91 Å². The Balaban J connectivity index is 1.34. The summed E-state index contributed by atoms with van der Waals surface area (Å²) >= 11 is 0. The summed E-state index contributed by atoms with van der Waals surface area (Å²) in [5.41, 5.74) is 3.46. The number of H-pyrrole nitrogens is 1. The minimum Gasteiger partial charge on any atom is -0.355 e. The minimum absolute atomic E-state index is 0.0761. The Morgan fingerprint density at radius 2 is 2.04 bits per heavy atom. The molecule has 0 aliphatic carbocycles.